The van der Waals surface area contributed by atoms with E-state index in [1.54, 1.807) is 18.4 Å². The summed E-state index contributed by atoms with van der Waals surface area (Å²) in [6, 6.07) is 8.40. The maximum Gasteiger partial charge on any atom is 0.115 e. The number of benzene rings is 1. The summed E-state index contributed by atoms with van der Waals surface area (Å²) in [5.41, 5.74) is 2.27. The molecule has 1 aromatic heterocycles. The molecule has 2 aromatic rings. The van der Waals surface area contributed by atoms with E-state index in [4.69, 9.17) is 4.74 Å². The highest BCUT2D eigenvalue weighted by atomic mass is 32.1. The van der Waals surface area contributed by atoms with Gasteiger partial charge >= 0.3 is 0 Å². The molecule has 90 valence electrons. The highest BCUT2D eigenvalue weighted by molar-refractivity contribution is 7.09. The fourth-order valence-electron chi connectivity index (χ4n) is 1.69. The molecule has 3 nitrogen and oxygen atoms in total. The number of ether oxygens (including phenoxy) is 1. The molecule has 0 saturated heterocycles. The maximum atomic E-state index is 5.19. The van der Waals surface area contributed by atoms with E-state index >= 15 is 0 Å². The number of methoxy groups -OCH3 is 1. The normalized spacial score (nSPS) is 12.4. The lowest BCUT2D eigenvalue weighted by Crippen LogP contribution is -2.08. The van der Waals surface area contributed by atoms with Gasteiger partial charge in [-0.1, -0.05) is 18.2 Å². The Labute approximate surface area is 105 Å². The zero-order chi connectivity index (χ0) is 12.1. The molecule has 1 atom stereocenters. The molecule has 1 unspecified atom stereocenters. The average molecular weight is 248 g/mol. The molecular weight excluding hydrogens is 232 g/mol. The van der Waals surface area contributed by atoms with Crippen LogP contribution in [0.2, 0.25) is 0 Å². The zero-order valence-electron chi connectivity index (χ0n) is 10.0. The van der Waals surface area contributed by atoms with Gasteiger partial charge in [-0.2, -0.15) is 0 Å². The van der Waals surface area contributed by atoms with E-state index < -0.39 is 0 Å². The van der Waals surface area contributed by atoms with Gasteiger partial charge in [0.1, 0.15) is 5.01 Å². The van der Waals surface area contributed by atoms with E-state index in [2.05, 4.69) is 29.4 Å². The molecule has 0 aliphatic heterocycles. The third-order valence-corrected chi connectivity index (χ3v) is 3.47. The van der Waals surface area contributed by atoms with Crippen molar-refractivity contribution in [2.45, 2.75) is 19.6 Å². The smallest absolute Gasteiger partial charge is 0.115 e. The number of hydrogen-bond acceptors (Lipinski definition) is 4. The van der Waals surface area contributed by atoms with E-state index in [1.165, 1.54) is 5.56 Å². The zero-order valence-corrected chi connectivity index (χ0v) is 10.8. The van der Waals surface area contributed by atoms with Crippen LogP contribution in [0, 0.1) is 0 Å². The van der Waals surface area contributed by atoms with E-state index in [-0.39, 0.29) is 6.04 Å². The van der Waals surface area contributed by atoms with Gasteiger partial charge in [0.25, 0.3) is 0 Å². The van der Waals surface area contributed by atoms with Crippen molar-refractivity contribution in [3.63, 3.8) is 0 Å². The Morgan fingerprint density at radius 1 is 1.41 bits per heavy atom. The number of para-hydroxylation sites is 1. The van der Waals surface area contributed by atoms with Gasteiger partial charge in [0.2, 0.25) is 0 Å². The van der Waals surface area contributed by atoms with Gasteiger partial charge < -0.3 is 10.1 Å². The van der Waals surface area contributed by atoms with Crippen LogP contribution in [0.3, 0.4) is 0 Å². The number of anilines is 1. The third kappa shape index (κ3) is 3.05. The van der Waals surface area contributed by atoms with Crippen molar-refractivity contribution in [3.8, 4) is 0 Å². The summed E-state index contributed by atoms with van der Waals surface area (Å²) >= 11 is 1.66. The molecule has 0 fully saturated rings. The number of aromatic nitrogens is 1. The van der Waals surface area contributed by atoms with Crippen molar-refractivity contribution in [2.75, 3.05) is 12.4 Å². The first-order valence-corrected chi connectivity index (χ1v) is 6.42. The van der Waals surface area contributed by atoms with Gasteiger partial charge in [0, 0.05) is 29.9 Å². The molecule has 1 aromatic carbocycles. The Kier molecular flexibility index (Phi) is 4.12. The van der Waals surface area contributed by atoms with E-state index in [1.807, 2.05) is 23.7 Å². The van der Waals surface area contributed by atoms with Crippen molar-refractivity contribution < 1.29 is 4.74 Å². The third-order valence-electron chi connectivity index (χ3n) is 2.51. The second-order valence-corrected chi connectivity index (χ2v) is 4.75. The maximum absolute atomic E-state index is 5.19. The quantitative estimate of drug-likeness (QED) is 0.879. The minimum absolute atomic E-state index is 0.216. The van der Waals surface area contributed by atoms with Crippen LogP contribution in [0.1, 0.15) is 23.5 Å². The average Bonchev–Trinajstić information content (AvgIpc) is 2.85. The molecule has 2 rings (SSSR count). The second-order valence-electron chi connectivity index (χ2n) is 3.83. The molecule has 0 aliphatic carbocycles. The Bertz CT molecular complexity index is 456. The monoisotopic (exact) mass is 248 g/mol. The lowest BCUT2D eigenvalue weighted by atomic mass is 10.1. The SMILES string of the molecule is COCc1ccccc1NC(C)c1nccs1. The van der Waals surface area contributed by atoms with Crippen LogP contribution >= 0.6 is 11.3 Å². The first kappa shape index (κ1) is 12.1. The first-order chi connectivity index (χ1) is 8.31. The summed E-state index contributed by atoms with van der Waals surface area (Å²) in [5.74, 6) is 0. The van der Waals surface area contributed by atoms with Crippen LogP contribution in [-0.2, 0) is 11.3 Å². The van der Waals surface area contributed by atoms with Crippen molar-refractivity contribution >= 4 is 17.0 Å². The van der Waals surface area contributed by atoms with Crippen molar-refractivity contribution in [2.24, 2.45) is 0 Å². The van der Waals surface area contributed by atoms with Gasteiger partial charge in [-0.25, -0.2) is 4.98 Å². The van der Waals surface area contributed by atoms with Crippen LogP contribution in [-0.4, -0.2) is 12.1 Å². The van der Waals surface area contributed by atoms with Crippen molar-refractivity contribution in [3.05, 3.63) is 46.4 Å². The van der Waals surface area contributed by atoms with Crippen LogP contribution in [0.15, 0.2) is 35.8 Å². The molecular formula is C13H16N2OS. The van der Waals surface area contributed by atoms with Crippen molar-refractivity contribution in [1.29, 1.82) is 0 Å². The summed E-state index contributed by atoms with van der Waals surface area (Å²) in [6.07, 6.45) is 1.83. The van der Waals surface area contributed by atoms with Gasteiger partial charge in [-0.3, -0.25) is 0 Å². The second kappa shape index (κ2) is 5.80. The predicted molar refractivity (Wildman–Crippen MR) is 71.3 cm³/mol. The lowest BCUT2D eigenvalue weighted by Gasteiger charge is -2.16. The highest BCUT2D eigenvalue weighted by Gasteiger charge is 2.09. The number of nitrogens with one attached hydrogen (secondary N) is 1. The minimum Gasteiger partial charge on any atom is -0.380 e. The Hall–Kier alpha value is -1.39. The largest absolute Gasteiger partial charge is 0.380 e. The topological polar surface area (TPSA) is 34.1 Å². The molecule has 0 bridgehead atoms. The summed E-state index contributed by atoms with van der Waals surface area (Å²) in [4.78, 5) is 4.31. The number of hydrogen-bond donors (Lipinski definition) is 1. The van der Waals surface area contributed by atoms with Gasteiger partial charge in [0.15, 0.2) is 0 Å². The Balaban J connectivity index is 2.12. The molecule has 1 N–H and O–H groups in total. The Morgan fingerprint density at radius 3 is 2.94 bits per heavy atom. The summed E-state index contributed by atoms with van der Waals surface area (Å²) < 4.78 is 5.19. The molecule has 0 spiro atoms. The predicted octanol–water partition coefficient (Wildman–Crippen LogP) is 3.46. The van der Waals surface area contributed by atoms with Crippen LogP contribution in [0.25, 0.3) is 0 Å². The molecule has 0 saturated carbocycles. The fourth-order valence-corrected chi connectivity index (χ4v) is 2.33. The summed E-state index contributed by atoms with van der Waals surface area (Å²) in [6.45, 7) is 2.73. The number of nitrogens with zero attached hydrogens (tertiary/aromatic N) is 1. The van der Waals surface area contributed by atoms with E-state index in [0.717, 1.165) is 10.7 Å². The summed E-state index contributed by atoms with van der Waals surface area (Å²) in [5, 5.41) is 6.55. The van der Waals surface area contributed by atoms with Gasteiger partial charge in [0.05, 0.1) is 12.6 Å². The molecule has 0 radical (unpaired) electrons. The molecule has 0 amide bonds. The highest BCUT2D eigenvalue weighted by Crippen LogP contribution is 2.23. The number of thiazole rings is 1. The number of rotatable bonds is 5. The van der Waals surface area contributed by atoms with E-state index in [9.17, 15) is 0 Å². The summed E-state index contributed by atoms with van der Waals surface area (Å²) in [7, 11) is 1.71. The first-order valence-electron chi connectivity index (χ1n) is 5.54. The Morgan fingerprint density at radius 2 is 2.24 bits per heavy atom. The van der Waals surface area contributed by atoms with Crippen LogP contribution in [0.5, 0.6) is 0 Å². The van der Waals surface area contributed by atoms with Gasteiger partial charge in [-0.05, 0) is 13.0 Å². The molecule has 1 heterocycles. The van der Waals surface area contributed by atoms with E-state index in [0.29, 0.717) is 6.61 Å². The van der Waals surface area contributed by atoms with Gasteiger partial charge in [-0.15, -0.1) is 11.3 Å². The van der Waals surface area contributed by atoms with Crippen molar-refractivity contribution in [1.82, 2.24) is 4.98 Å². The lowest BCUT2D eigenvalue weighted by molar-refractivity contribution is 0.185. The molecule has 0 aliphatic rings. The van der Waals surface area contributed by atoms with Crippen LogP contribution < -0.4 is 5.32 Å². The molecule has 4 heteroatoms. The minimum atomic E-state index is 0.216. The van der Waals surface area contributed by atoms with Crippen LogP contribution in [0.4, 0.5) is 5.69 Å². The standard InChI is InChI=1S/C13H16N2OS/c1-10(13-14-7-8-17-13)15-12-6-4-3-5-11(12)9-16-2/h3-8,10,15H,9H2,1-2H3. The molecule has 17 heavy (non-hydrogen) atoms. The fraction of sp³-hybridized carbons (Fsp3) is 0.308.